The van der Waals surface area contributed by atoms with E-state index in [9.17, 15) is 0 Å². The second-order valence-corrected chi connectivity index (χ2v) is 4.44. The van der Waals surface area contributed by atoms with Gasteiger partial charge in [0.25, 0.3) is 0 Å². The van der Waals surface area contributed by atoms with Crippen molar-refractivity contribution in [1.29, 1.82) is 0 Å². The van der Waals surface area contributed by atoms with Crippen molar-refractivity contribution in [2.75, 3.05) is 6.54 Å². The molecule has 0 bridgehead atoms. The number of nitrogens with zero attached hydrogens (tertiary/aromatic N) is 1. The summed E-state index contributed by atoms with van der Waals surface area (Å²) in [5.41, 5.74) is 1.98. The van der Waals surface area contributed by atoms with Gasteiger partial charge >= 0.3 is 0 Å². The largest absolute Gasteiger partial charge is 0.342 e. The molecule has 86 valence electrons. The van der Waals surface area contributed by atoms with Gasteiger partial charge in [-0.15, -0.1) is 0 Å². The topological polar surface area (TPSA) is 40.7 Å². The first-order valence-corrected chi connectivity index (χ1v) is 5.94. The lowest BCUT2D eigenvalue weighted by atomic mass is 10.2. The molecule has 1 unspecified atom stereocenters. The monoisotopic (exact) mass is 237 g/mol. The van der Waals surface area contributed by atoms with E-state index in [1.807, 2.05) is 18.2 Å². The van der Waals surface area contributed by atoms with Crippen LogP contribution in [-0.4, -0.2) is 22.6 Å². The van der Waals surface area contributed by atoms with E-state index in [-0.39, 0.29) is 0 Å². The Morgan fingerprint density at radius 2 is 2.31 bits per heavy atom. The van der Waals surface area contributed by atoms with Crippen LogP contribution in [-0.2, 0) is 6.42 Å². The lowest BCUT2D eigenvalue weighted by Crippen LogP contribution is -2.27. The number of likely N-dealkylation sites (N-methyl/N-ethyl adjacent to an activating group) is 1. The van der Waals surface area contributed by atoms with Crippen molar-refractivity contribution in [2.45, 2.75) is 26.3 Å². The van der Waals surface area contributed by atoms with Crippen molar-refractivity contribution in [3.63, 3.8) is 0 Å². The van der Waals surface area contributed by atoms with Crippen LogP contribution in [0.5, 0.6) is 0 Å². The molecule has 2 N–H and O–H groups in total. The molecule has 1 heterocycles. The minimum Gasteiger partial charge on any atom is -0.342 e. The molecule has 0 aliphatic rings. The van der Waals surface area contributed by atoms with E-state index in [0.29, 0.717) is 6.04 Å². The standard InChI is InChI=1S/C12H16ClN3/c1-3-14-8(2)6-12-15-10-5-4-9(13)7-11(10)16-12/h4-5,7-8,14H,3,6H2,1-2H3,(H,15,16). The van der Waals surface area contributed by atoms with E-state index in [2.05, 4.69) is 29.1 Å². The first-order valence-electron chi connectivity index (χ1n) is 5.56. The highest BCUT2D eigenvalue weighted by Gasteiger charge is 2.07. The molecule has 3 nitrogen and oxygen atoms in total. The number of rotatable bonds is 4. The Hall–Kier alpha value is -1.06. The molecule has 1 aromatic carbocycles. The van der Waals surface area contributed by atoms with Crippen LogP contribution in [0, 0.1) is 0 Å². The fourth-order valence-electron chi connectivity index (χ4n) is 1.84. The number of hydrogen-bond donors (Lipinski definition) is 2. The van der Waals surface area contributed by atoms with Crippen LogP contribution in [0.15, 0.2) is 18.2 Å². The van der Waals surface area contributed by atoms with E-state index in [1.165, 1.54) is 0 Å². The summed E-state index contributed by atoms with van der Waals surface area (Å²) in [6, 6.07) is 6.14. The van der Waals surface area contributed by atoms with Crippen molar-refractivity contribution >= 4 is 22.6 Å². The van der Waals surface area contributed by atoms with Crippen molar-refractivity contribution in [1.82, 2.24) is 15.3 Å². The molecule has 0 spiro atoms. The Bertz CT molecular complexity index is 478. The maximum Gasteiger partial charge on any atom is 0.108 e. The van der Waals surface area contributed by atoms with Crippen LogP contribution < -0.4 is 5.32 Å². The molecule has 1 aromatic heterocycles. The van der Waals surface area contributed by atoms with Crippen molar-refractivity contribution in [3.05, 3.63) is 29.0 Å². The van der Waals surface area contributed by atoms with E-state index in [0.717, 1.165) is 34.8 Å². The van der Waals surface area contributed by atoms with E-state index < -0.39 is 0 Å². The average Bonchev–Trinajstić information content (AvgIpc) is 2.59. The molecule has 0 amide bonds. The third-order valence-electron chi connectivity index (χ3n) is 2.55. The first-order chi connectivity index (χ1) is 7.69. The number of fused-ring (bicyclic) bond motifs is 1. The number of halogens is 1. The minimum atomic E-state index is 0.432. The molecule has 4 heteroatoms. The number of H-pyrrole nitrogens is 1. The molecule has 2 aromatic rings. The molecule has 16 heavy (non-hydrogen) atoms. The lowest BCUT2D eigenvalue weighted by Gasteiger charge is -2.09. The third kappa shape index (κ3) is 2.54. The summed E-state index contributed by atoms with van der Waals surface area (Å²) in [6.07, 6.45) is 0.903. The molecule has 0 aliphatic heterocycles. The zero-order valence-electron chi connectivity index (χ0n) is 9.55. The van der Waals surface area contributed by atoms with Gasteiger partial charge in [0.2, 0.25) is 0 Å². The molecule has 0 saturated heterocycles. The molecule has 0 saturated carbocycles. The van der Waals surface area contributed by atoms with Gasteiger partial charge < -0.3 is 10.3 Å². The molecule has 0 aliphatic carbocycles. The second kappa shape index (κ2) is 4.85. The maximum atomic E-state index is 5.92. The van der Waals surface area contributed by atoms with E-state index in [1.54, 1.807) is 0 Å². The molecular formula is C12H16ClN3. The highest BCUT2D eigenvalue weighted by molar-refractivity contribution is 6.31. The number of aromatic nitrogens is 2. The summed E-state index contributed by atoms with van der Waals surface area (Å²) in [4.78, 5) is 7.81. The minimum absolute atomic E-state index is 0.432. The van der Waals surface area contributed by atoms with Crippen LogP contribution in [0.25, 0.3) is 11.0 Å². The molecule has 0 fully saturated rings. The van der Waals surface area contributed by atoms with Crippen molar-refractivity contribution in [3.8, 4) is 0 Å². The van der Waals surface area contributed by atoms with Gasteiger partial charge in [-0.05, 0) is 31.7 Å². The SMILES string of the molecule is CCNC(C)Cc1nc2ccc(Cl)cc2[nH]1. The number of hydrogen-bond acceptors (Lipinski definition) is 2. The number of nitrogens with one attached hydrogen (secondary N) is 2. The fraction of sp³-hybridized carbons (Fsp3) is 0.417. The zero-order chi connectivity index (χ0) is 11.5. The third-order valence-corrected chi connectivity index (χ3v) is 2.78. The van der Waals surface area contributed by atoms with Crippen LogP contribution in [0.4, 0.5) is 0 Å². The highest BCUT2D eigenvalue weighted by atomic mass is 35.5. The Labute approximate surface area is 100 Å². The van der Waals surface area contributed by atoms with Crippen molar-refractivity contribution in [2.24, 2.45) is 0 Å². The summed E-state index contributed by atoms with van der Waals surface area (Å²) in [5, 5.41) is 4.10. The number of benzene rings is 1. The number of aromatic amines is 1. The van der Waals surface area contributed by atoms with Crippen LogP contribution >= 0.6 is 11.6 Å². The summed E-state index contributed by atoms with van der Waals surface area (Å²) in [6.45, 7) is 5.24. The fourth-order valence-corrected chi connectivity index (χ4v) is 2.01. The summed E-state index contributed by atoms with van der Waals surface area (Å²) in [5.74, 6) is 1.01. The molecule has 1 atom stereocenters. The van der Waals surface area contributed by atoms with Gasteiger partial charge in [-0.1, -0.05) is 18.5 Å². The van der Waals surface area contributed by atoms with E-state index in [4.69, 9.17) is 11.6 Å². The number of imidazole rings is 1. The van der Waals surface area contributed by atoms with Gasteiger partial charge in [0, 0.05) is 17.5 Å². The smallest absolute Gasteiger partial charge is 0.108 e. The Morgan fingerprint density at radius 1 is 1.50 bits per heavy atom. The maximum absolute atomic E-state index is 5.92. The van der Waals surface area contributed by atoms with E-state index >= 15 is 0 Å². The van der Waals surface area contributed by atoms with Gasteiger partial charge in [-0.3, -0.25) is 0 Å². The van der Waals surface area contributed by atoms with Gasteiger partial charge in [0.05, 0.1) is 11.0 Å². The summed E-state index contributed by atoms with van der Waals surface area (Å²) < 4.78 is 0. The predicted molar refractivity (Wildman–Crippen MR) is 67.9 cm³/mol. The van der Waals surface area contributed by atoms with Gasteiger partial charge in [0.15, 0.2) is 0 Å². The quantitative estimate of drug-likeness (QED) is 0.859. The van der Waals surface area contributed by atoms with Crippen LogP contribution in [0.2, 0.25) is 5.02 Å². The predicted octanol–water partition coefficient (Wildman–Crippen LogP) is 2.76. The summed E-state index contributed by atoms with van der Waals surface area (Å²) in [7, 11) is 0. The molecule has 0 radical (unpaired) electrons. The first kappa shape index (κ1) is 11.4. The molecule has 2 rings (SSSR count). The molecular weight excluding hydrogens is 222 g/mol. The van der Waals surface area contributed by atoms with Gasteiger partial charge in [-0.2, -0.15) is 0 Å². The normalized spacial score (nSPS) is 13.2. The Kier molecular flexibility index (Phi) is 3.46. The van der Waals surface area contributed by atoms with Crippen LogP contribution in [0.1, 0.15) is 19.7 Å². The second-order valence-electron chi connectivity index (χ2n) is 4.01. The van der Waals surface area contributed by atoms with Crippen LogP contribution in [0.3, 0.4) is 0 Å². The van der Waals surface area contributed by atoms with Gasteiger partial charge in [0.1, 0.15) is 5.82 Å². The highest BCUT2D eigenvalue weighted by Crippen LogP contribution is 2.17. The Morgan fingerprint density at radius 3 is 3.06 bits per heavy atom. The Balaban J connectivity index is 2.19. The summed E-state index contributed by atoms with van der Waals surface area (Å²) >= 11 is 5.92. The van der Waals surface area contributed by atoms with Crippen molar-refractivity contribution < 1.29 is 0 Å². The lowest BCUT2D eigenvalue weighted by molar-refractivity contribution is 0.555. The average molecular weight is 238 g/mol. The zero-order valence-corrected chi connectivity index (χ0v) is 10.3. The van der Waals surface area contributed by atoms with Gasteiger partial charge in [-0.25, -0.2) is 4.98 Å².